The van der Waals surface area contributed by atoms with E-state index in [9.17, 15) is 0 Å². The van der Waals surface area contributed by atoms with Crippen LogP contribution in [0.4, 0.5) is 0 Å². The standard InChI is InChI=1S/C43H82N4/c1-3-5-7-9-11-13-15-17-19-21-23-25-27-29-31-33-35-37-40-46(43-47-42-39-44-45-47)41-38-36-34-32-30-28-26-24-22-20-18-16-14-12-10-8-6-4-2/h35-39,42H,3-34,40-41,43H2,1-2H3/b37-35+,38-36+. The molecule has 0 aliphatic carbocycles. The first kappa shape index (κ1) is 43.6. The molecule has 0 fully saturated rings. The number of rotatable bonds is 38. The molecule has 0 saturated carbocycles. The first-order chi connectivity index (χ1) is 23.4. The van der Waals surface area contributed by atoms with Crippen LogP contribution in [0.2, 0.25) is 0 Å². The largest absolute Gasteiger partial charge is 0.277 e. The van der Waals surface area contributed by atoms with E-state index in [1.54, 1.807) is 6.20 Å². The fourth-order valence-corrected chi connectivity index (χ4v) is 6.65. The van der Waals surface area contributed by atoms with Gasteiger partial charge in [-0.1, -0.05) is 223 Å². The first-order valence-electron chi connectivity index (χ1n) is 21.2. The molecule has 1 rings (SSSR count). The highest BCUT2D eigenvalue weighted by Gasteiger charge is 2.03. The lowest BCUT2D eigenvalue weighted by atomic mass is 10.0. The lowest BCUT2D eigenvalue weighted by Gasteiger charge is -2.18. The Morgan fingerprint density at radius 3 is 1.04 bits per heavy atom. The molecule has 0 saturated heterocycles. The second kappa shape index (κ2) is 37.4. The number of allylic oxidation sites excluding steroid dienone is 2. The summed E-state index contributed by atoms with van der Waals surface area (Å²) in [5.41, 5.74) is 0. The van der Waals surface area contributed by atoms with E-state index in [0.717, 1.165) is 19.8 Å². The molecule has 0 unspecified atom stereocenters. The summed E-state index contributed by atoms with van der Waals surface area (Å²) in [4.78, 5) is 2.45. The van der Waals surface area contributed by atoms with Gasteiger partial charge in [0.05, 0.1) is 12.9 Å². The highest BCUT2D eigenvalue weighted by atomic mass is 15.5. The molecule has 0 spiro atoms. The monoisotopic (exact) mass is 655 g/mol. The lowest BCUT2D eigenvalue weighted by molar-refractivity contribution is 0.249. The second-order valence-corrected chi connectivity index (χ2v) is 14.5. The normalized spacial score (nSPS) is 12.1. The Hall–Kier alpha value is -1.42. The van der Waals surface area contributed by atoms with Gasteiger partial charge in [0.15, 0.2) is 0 Å². The molecule has 0 aliphatic heterocycles. The van der Waals surface area contributed by atoms with Crippen molar-refractivity contribution in [3.8, 4) is 0 Å². The van der Waals surface area contributed by atoms with Gasteiger partial charge in [-0.05, 0) is 25.7 Å². The van der Waals surface area contributed by atoms with Gasteiger partial charge in [0.1, 0.15) is 0 Å². The molecule has 0 radical (unpaired) electrons. The number of unbranched alkanes of at least 4 members (excludes halogenated alkanes) is 30. The third-order valence-electron chi connectivity index (χ3n) is 9.83. The maximum atomic E-state index is 4.19. The minimum atomic E-state index is 0.798. The molecule has 0 bridgehead atoms. The first-order valence-corrected chi connectivity index (χ1v) is 21.2. The molecule has 4 heteroatoms. The summed E-state index contributed by atoms with van der Waals surface area (Å²) in [5, 5.41) is 8.19. The van der Waals surface area contributed by atoms with Crippen LogP contribution < -0.4 is 0 Å². The zero-order valence-corrected chi connectivity index (χ0v) is 32.0. The SMILES string of the molecule is CCCCCCCCCCCCCCCCC/C=C/CN(C/C=C/CCCCCCCCCCCCCCCCC)Cn1ccnn1. The van der Waals surface area contributed by atoms with Crippen molar-refractivity contribution in [2.24, 2.45) is 0 Å². The van der Waals surface area contributed by atoms with Gasteiger partial charge >= 0.3 is 0 Å². The Kier molecular flexibility index (Phi) is 34.7. The van der Waals surface area contributed by atoms with E-state index in [1.807, 2.05) is 10.9 Å². The van der Waals surface area contributed by atoms with Crippen LogP contribution in [0, 0.1) is 0 Å². The quantitative estimate of drug-likeness (QED) is 0.0525. The summed E-state index contributed by atoms with van der Waals surface area (Å²) in [6.07, 6.45) is 58.6. The van der Waals surface area contributed by atoms with Crippen molar-refractivity contribution in [2.75, 3.05) is 13.1 Å². The Morgan fingerprint density at radius 2 is 0.745 bits per heavy atom. The smallest absolute Gasteiger partial charge is 0.0951 e. The van der Waals surface area contributed by atoms with Crippen molar-refractivity contribution in [1.82, 2.24) is 19.9 Å². The third kappa shape index (κ3) is 32.9. The molecule has 0 aromatic carbocycles. The van der Waals surface area contributed by atoms with Crippen molar-refractivity contribution in [1.29, 1.82) is 0 Å². The molecular formula is C43H82N4. The molecule has 1 aromatic rings. The maximum Gasteiger partial charge on any atom is 0.0951 e. The van der Waals surface area contributed by atoms with Crippen molar-refractivity contribution in [2.45, 2.75) is 226 Å². The predicted octanol–water partition coefficient (Wildman–Crippen LogP) is 14.2. The Bertz CT molecular complexity index is 710. The minimum Gasteiger partial charge on any atom is -0.277 e. The van der Waals surface area contributed by atoms with Gasteiger partial charge in [-0.25, -0.2) is 4.68 Å². The van der Waals surface area contributed by atoms with Crippen molar-refractivity contribution in [3.63, 3.8) is 0 Å². The third-order valence-corrected chi connectivity index (χ3v) is 9.83. The summed E-state index contributed by atoms with van der Waals surface area (Å²) in [5.74, 6) is 0. The molecule has 1 heterocycles. The van der Waals surface area contributed by atoms with Gasteiger partial charge in [0.2, 0.25) is 0 Å². The average molecular weight is 655 g/mol. The fourth-order valence-electron chi connectivity index (χ4n) is 6.65. The number of aromatic nitrogens is 3. The van der Waals surface area contributed by atoms with Crippen LogP contribution in [0.5, 0.6) is 0 Å². The van der Waals surface area contributed by atoms with Crippen LogP contribution >= 0.6 is 0 Å². The molecule has 1 aromatic heterocycles. The van der Waals surface area contributed by atoms with Crippen LogP contribution in [-0.4, -0.2) is 33.0 Å². The molecule has 274 valence electrons. The molecule has 4 nitrogen and oxygen atoms in total. The van der Waals surface area contributed by atoms with E-state index < -0.39 is 0 Å². The van der Waals surface area contributed by atoms with E-state index in [2.05, 4.69) is 53.4 Å². The van der Waals surface area contributed by atoms with Gasteiger partial charge < -0.3 is 0 Å². The molecule has 47 heavy (non-hydrogen) atoms. The van der Waals surface area contributed by atoms with Crippen LogP contribution in [0.3, 0.4) is 0 Å². The van der Waals surface area contributed by atoms with Gasteiger partial charge in [0.25, 0.3) is 0 Å². The molecule has 0 amide bonds. The number of hydrogen-bond donors (Lipinski definition) is 0. The second-order valence-electron chi connectivity index (χ2n) is 14.5. The average Bonchev–Trinajstić information content (AvgIpc) is 3.60. The van der Waals surface area contributed by atoms with Gasteiger partial charge in [0, 0.05) is 19.3 Å². The van der Waals surface area contributed by atoms with Crippen molar-refractivity contribution < 1.29 is 0 Å². The predicted molar refractivity (Wildman–Crippen MR) is 209 cm³/mol. The molecule has 0 atom stereocenters. The topological polar surface area (TPSA) is 34.0 Å². The summed E-state index contributed by atoms with van der Waals surface area (Å²) in [7, 11) is 0. The summed E-state index contributed by atoms with van der Waals surface area (Å²) in [6, 6.07) is 0. The van der Waals surface area contributed by atoms with Gasteiger partial charge in [-0.3, -0.25) is 4.90 Å². The summed E-state index contributed by atoms with van der Waals surface area (Å²) >= 11 is 0. The zero-order chi connectivity index (χ0) is 33.6. The Labute approximate surface area is 295 Å². The molecule has 0 N–H and O–H groups in total. The Morgan fingerprint density at radius 1 is 0.426 bits per heavy atom. The van der Waals surface area contributed by atoms with Crippen LogP contribution in [-0.2, 0) is 6.67 Å². The maximum absolute atomic E-state index is 4.19. The highest BCUT2D eigenvalue weighted by molar-refractivity contribution is 4.89. The van der Waals surface area contributed by atoms with Crippen molar-refractivity contribution >= 4 is 0 Å². The fraction of sp³-hybridized carbons (Fsp3) is 0.860. The van der Waals surface area contributed by atoms with Crippen LogP contribution in [0.25, 0.3) is 0 Å². The van der Waals surface area contributed by atoms with Crippen LogP contribution in [0.15, 0.2) is 36.7 Å². The Balaban J connectivity index is 1.98. The lowest BCUT2D eigenvalue weighted by Crippen LogP contribution is -2.27. The van der Waals surface area contributed by atoms with Crippen molar-refractivity contribution in [3.05, 3.63) is 36.7 Å². The number of nitrogens with zero attached hydrogens (tertiary/aromatic N) is 4. The van der Waals surface area contributed by atoms with E-state index in [0.29, 0.717) is 0 Å². The van der Waals surface area contributed by atoms with Crippen LogP contribution in [0.1, 0.15) is 219 Å². The van der Waals surface area contributed by atoms with E-state index in [1.165, 1.54) is 205 Å². The molecular weight excluding hydrogens is 573 g/mol. The van der Waals surface area contributed by atoms with Gasteiger partial charge in [-0.2, -0.15) is 0 Å². The summed E-state index contributed by atoms with van der Waals surface area (Å²) < 4.78 is 1.94. The summed E-state index contributed by atoms with van der Waals surface area (Å²) in [6.45, 7) is 7.35. The zero-order valence-electron chi connectivity index (χ0n) is 32.0. The van der Waals surface area contributed by atoms with E-state index in [4.69, 9.17) is 0 Å². The van der Waals surface area contributed by atoms with E-state index in [-0.39, 0.29) is 0 Å². The number of hydrogen-bond acceptors (Lipinski definition) is 3. The van der Waals surface area contributed by atoms with Gasteiger partial charge in [-0.15, -0.1) is 5.10 Å². The molecule has 0 aliphatic rings. The highest BCUT2D eigenvalue weighted by Crippen LogP contribution is 2.15. The van der Waals surface area contributed by atoms with E-state index >= 15 is 0 Å². The minimum absolute atomic E-state index is 0.798.